The summed E-state index contributed by atoms with van der Waals surface area (Å²) in [6, 6.07) is 6.81. The molecule has 1 aliphatic heterocycles. The third kappa shape index (κ3) is 3.40. The van der Waals surface area contributed by atoms with E-state index in [1.54, 1.807) is 5.56 Å². The Morgan fingerprint density at radius 1 is 1.40 bits per heavy atom. The van der Waals surface area contributed by atoms with Crippen LogP contribution in [-0.2, 0) is 13.0 Å². The highest BCUT2D eigenvalue weighted by Crippen LogP contribution is 2.27. The molecule has 0 atom stereocenters. The molecule has 0 amide bonds. The van der Waals surface area contributed by atoms with Crippen LogP contribution in [0.5, 0.6) is 0 Å². The molecular weight excluding hydrogens is 242 g/mol. The van der Waals surface area contributed by atoms with Crippen LogP contribution in [0.2, 0.25) is 0 Å². The summed E-state index contributed by atoms with van der Waals surface area (Å²) in [5.41, 5.74) is 6.01. The van der Waals surface area contributed by atoms with Gasteiger partial charge in [0.05, 0.1) is 0 Å². The monoisotopic (exact) mass is 269 g/mol. The van der Waals surface area contributed by atoms with Crippen molar-refractivity contribution < 1.29 is 0 Å². The number of allylic oxidation sites excluding steroid dienone is 1. The minimum absolute atomic E-state index is 0.625. The third-order valence-corrected chi connectivity index (χ3v) is 4.14. The molecule has 1 heteroatoms. The second-order valence-corrected chi connectivity index (χ2v) is 5.99. The van der Waals surface area contributed by atoms with E-state index >= 15 is 0 Å². The van der Waals surface area contributed by atoms with Crippen LogP contribution in [0.15, 0.2) is 42.5 Å². The number of hydrogen-bond donors (Lipinski definition) is 0. The normalized spacial score (nSPS) is 16.3. The fourth-order valence-corrected chi connectivity index (χ4v) is 3.11. The standard InChI is InChI=1S/C19H27N/c1-5-8-16(6-2)13-20-12-11-19-17(14-20)9-7-10-18(19)15(3)4/h6-10,15H,2,5,11-14H2,1,3-4H3/b16-8+. The van der Waals surface area contributed by atoms with E-state index in [1.807, 2.05) is 6.08 Å². The number of rotatable bonds is 5. The maximum atomic E-state index is 3.93. The van der Waals surface area contributed by atoms with Gasteiger partial charge in [-0.05, 0) is 41.0 Å². The van der Waals surface area contributed by atoms with Gasteiger partial charge in [-0.25, -0.2) is 0 Å². The van der Waals surface area contributed by atoms with Crippen molar-refractivity contribution in [2.75, 3.05) is 13.1 Å². The first kappa shape index (κ1) is 15.1. The average Bonchev–Trinajstić information content (AvgIpc) is 2.45. The molecule has 1 nitrogen and oxygen atoms in total. The molecule has 0 radical (unpaired) electrons. The molecule has 1 aromatic carbocycles. The summed E-state index contributed by atoms with van der Waals surface area (Å²) >= 11 is 0. The number of nitrogens with zero attached hydrogens (tertiary/aromatic N) is 1. The van der Waals surface area contributed by atoms with Gasteiger partial charge in [0.15, 0.2) is 0 Å². The van der Waals surface area contributed by atoms with Crippen molar-refractivity contribution in [2.24, 2.45) is 0 Å². The number of hydrogen-bond acceptors (Lipinski definition) is 1. The highest BCUT2D eigenvalue weighted by atomic mass is 15.1. The Bertz CT molecular complexity index is 496. The van der Waals surface area contributed by atoms with Crippen LogP contribution < -0.4 is 0 Å². The summed E-state index contributed by atoms with van der Waals surface area (Å²) in [5, 5.41) is 0. The lowest BCUT2D eigenvalue weighted by Gasteiger charge is -2.31. The smallest absolute Gasteiger partial charge is 0.0240 e. The zero-order valence-corrected chi connectivity index (χ0v) is 13.2. The Kier molecular flexibility index (Phi) is 5.19. The minimum Gasteiger partial charge on any atom is -0.295 e. The van der Waals surface area contributed by atoms with Crippen LogP contribution >= 0.6 is 0 Å². The predicted molar refractivity (Wildman–Crippen MR) is 88.1 cm³/mol. The molecule has 0 unspecified atom stereocenters. The van der Waals surface area contributed by atoms with Gasteiger partial charge in [-0.2, -0.15) is 0 Å². The maximum absolute atomic E-state index is 3.93. The number of fused-ring (bicyclic) bond motifs is 1. The van der Waals surface area contributed by atoms with Gasteiger partial charge in [0.2, 0.25) is 0 Å². The third-order valence-electron chi connectivity index (χ3n) is 4.14. The molecule has 0 fully saturated rings. The molecule has 1 heterocycles. The second kappa shape index (κ2) is 6.90. The molecule has 2 rings (SSSR count). The van der Waals surface area contributed by atoms with E-state index < -0.39 is 0 Å². The summed E-state index contributed by atoms with van der Waals surface area (Å²) in [6.07, 6.45) is 6.56. The molecule has 1 aromatic rings. The van der Waals surface area contributed by atoms with Crippen LogP contribution in [0.3, 0.4) is 0 Å². The lowest BCUT2D eigenvalue weighted by atomic mass is 9.89. The number of benzene rings is 1. The Morgan fingerprint density at radius 3 is 2.85 bits per heavy atom. The molecule has 0 N–H and O–H groups in total. The predicted octanol–water partition coefficient (Wildman–Crippen LogP) is 4.69. The average molecular weight is 269 g/mol. The maximum Gasteiger partial charge on any atom is 0.0240 e. The van der Waals surface area contributed by atoms with E-state index in [0.29, 0.717) is 5.92 Å². The summed E-state index contributed by atoms with van der Waals surface area (Å²) in [4.78, 5) is 2.54. The zero-order chi connectivity index (χ0) is 14.5. The van der Waals surface area contributed by atoms with Gasteiger partial charge in [-0.15, -0.1) is 0 Å². The van der Waals surface area contributed by atoms with Gasteiger partial charge >= 0.3 is 0 Å². The van der Waals surface area contributed by atoms with Gasteiger partial charge in [-0.1, -0.05) is 57.7 Å². The van der Waals surface area contributed by atoms with E-state index in [2.05, 4.69) is 56.5 Å². The molecule has 108 valence electrons. The van der Waals surface area contributed by atoms with E-state index in [-0.39, 0.29) is 0 Å². The fourth-order valence-electron chi connectivity index (χ4n) is 3.11. The van der Waals surface area contributed by atoms with Crippen LogP contribution in [0.4, 0.5) is 0 Å². The molecule has 0 bridgehead atoms. The van der Waals surface area contributed by atoms with Crippen LogP contribution in [-0.4, -0.2) is 18.0 Å². The van der Waals surface area contributed by atoms with Crippen molar-refractivity contribution in [1.29, 1.82) is 0 Å². The van der Waals surface area contributed by atoms with Crippen molar-refractivity contribution in [2.45, 2.75) is 46.1 Å². The van der Waals surface area contributed by atoms with Crippen LogP contribution in [0, 0.1) is 0 Å². The molecule has 0 saturated heterocycles. The minimum atomic E-state index is 0.625. The topological polar surface area (TPSA) is 3.24 Å². The first-order valence-electron chi connectivity index (χ1n) is 7.80. The van der Waals surface area contributed by atoms with Crippen molar-refractivity contribution >= 4 is 0 Å². The Morgan fingerprint density at radius 2 is 2.20 bits per heavy atom. The molecule has 0 aliphatic carbocycles. The van der Waals surface area contributed by atoms with Crippen molar-refractivity contribution in [3.63, 3.8) is 0 Å². The molecular formula is C19H27N. The molecule has 0 spiro atoms. The Balaban J connectivity index is 2.14. The van der Waals surface area contributed by atoms with Crippen LogP contribution in [0.25, 0.3) is 0 Å². The van der Waals surface area contributed by atoms with Crippen LogP contribution in [0.1, 0.15) is 49.8 Å². The lowest BCUT2D eigenvalue weighted by Crippen LogP contribution is -2.32. The highest BCUT2D eigenvalue weighted by Gasteiger charge is 2.19. The van der Waals surface area contributed by atoms with E-state index in [1.165, 1.54) is 23.1 Å². The Hall–Kier alpha value is -1.34. The van der Waals surface area contributed by atoms with E-state index in [9.17, 15) is 0 Å². The van der Waals surface area contributed by atoms with Gasteiger partial charge in [0, 0.05) is 19.6 Å². The quantitative estimate of drug-likeness (QED) is 0.701. The molecule has 1 aliphatic rings. The van der Waals surface area contributed by atoms with Gasteiger partial charge < -0.3 is 0 Å². The Labute approximate surface area is 124 Å². The lowest BCUT2D eigenvalue weighted by molar-refractivity contribution is 0.276. The SMILES string of the molecule is C=C/C(=C\CC)CN1CCc2c(cccc2C(C)C)C1. The van der Waals surface area contributed by atoms with Gasteiger partial charge in [0.1, 0.15) is 0 Å². The first-order chi connectivity index (χ1) is 9.65. The fraction of sp³-hybridized carbons (Fsp3) is 0.474. The highest BCUT2D eigenvalue weighted by molar-refractivity contribution is 5.39. The van der Waals surface area contributed by atoms with Crippen molar-refractivity contribution in [3.05, 3.63) is 59.2 Å². The van der Waals surface area contributed by atoms with Gasteiger partial charge in [0.25, 0.3) is 0 Å². The zero-order valence-electron chi connectivity index (χ0n) is 13.2. The summed E-state index contributed by atoms with van der Waals surface area (Å²) in [5.74, 6) is 0.625. The summed E-state index contributed by atoms with van der Waals surface area (Å²) in [6.45, 7) is 14.0. The van der Waals surface area contributed by atoms with Gasteiger partial charge in [-0.3, -0.25) is 4.90 Å². The van der Waals surface area contributed by atoms with Crippen molar-refractivity contribution in [1.82, 2.24) is 4.90 Å². The molecule has 20 heavy (non-hydrogen) atoms. The molecule has 0 aromatic heterocycles. The first-order valence-corrected chi connectivity index (χ1v) is 7.80. The summed E-state index contributed by atoms with van der Waals surface area (Å²) in [7, 11) is 0. The second-order valence-electron chi connectivity index (χ2n) is 5.99. The van der Waals surface area contributed by atoms with Crippen molar-refractivity contribution in [3.8, 4) is 0 Å². The molecule has 0 saturated carbocycles. The van der Waals surface area contributed by atoms with E-state index in [4.69, 9.17) is 0 Å². The van der Waals surface area contributed by atoms with E-state index in [0.717, 1.165) is 26.1 Å². The summed E-state index contributed by atoms with van der Waals surface area (Å²) < 4.78 is 0. The largest absolute Gasteiger partial charge is 0.295 e.